The van der Waals surface area contributed by atoms with Gasteiger partial charge in [0.25, 0.3) is 11.7 Å². The Balaban J connectivity index is 1.82. The second-order valence-corrected chi connectivity index (χ2v) is 8.51. The summed E-state index contributed by atoms with van der Waals surface area (Å²) in [5, 5.41) is 9.39. The lowest BCUT2D eigenvalue weighted by Crippen LogP contribution is -2.31. The molecule has 1 atom stereocenters. The molecule has 10 heteroatoms. The van der Waals surface area contributed by atoms with Gasteiger partial charge in [0.15, 0.2) is 0 Å². The molecule has 4 rings (SSSR count). The number of alkyl halides is 3. The first kappa shape index (κ1) is 22.1. The van der Waals surface area contributed by atoms with Crippen molar-refractivity contribution >= 4 is 33.5 Å². The predicted octanol–water partition coefficient (Wildman–Crippen LogP) is 5.60. The standard InChI is InChI=1S/C22H19BrF3N5O/c1-11-7-8-16(12(2)9-11)28-19(32)17-13(3)27-21-29-20(22(24,25)26)30-31(21)18(17)14-5-4-6-15(23)10-14/h4-10,18H,1-3H3,(H,28,32)(H,27,29,30). The molecule has 0 saturated heterocycles. The number of nitrogens with one attached hydrogen (secondary N) is 2. The second-order valence-electron chi connectivity index (χ2n) is 7.60. The van der Waals surface area contributed by atoms with Crippen molar-refractivity contribution in [2.75, 3.05) is 10.6 Å². The van der Waals surface area contributed by atoms with E-state index in [0.717, 1.165) is 20.3 Å². The van der Waals surface area contributed by atoms with Crippen LogP contribution in [0.5, 0.6) is 0 Å². The number of allylic oxidation sites excluding steroid dienone is 1. The number of rotatable bonds is 3. The molecule has 1 amide bonds. The highest BCUT2D eigenvalue weighted by Gasteiger charge is 2.41. The molecule has 3 aromatic rings. The molecule has 32 heavy (non-hydrogen) atoms. The molecular weight excluding hydrogens is 487 g/mol. The van der Waals surface area contributed by atoms with Crippen molar-refractivity contribution in [2.45, 2.75) is 33.0 Å². The Morgan fingerprint density at radius 3 is 2.56 bits per heavy atom. The lowest BCUT2D eigenvalue weighted by Gasteiger charge is -2.29. The quantitative estimate of drug-likeness (QED) is 0.485. The molecule has 0 bridgehead atoms. The van der Waals surface area contributed by atoms with E-state index in [1.807, 2.05) is 26.0 Å². The number of hydrogen-bond acceptors (Lipinski definition) is 4. The minimum Gasteiger partial charge on any atom is -0.328 e. The Kier molecular flexibility index (Phi) is 5.58. The summed E-state index contributed by atoms with van der Waals surface area (Å²) in [5.41, 5.74) is 3.77. The van der Waals surface area contributed by atoms with E-state index in [9.17, 15) is 18.0 Å². The molecule has 166 valence electrons. The van der Waals surface area contributed by atoms with Gasteiger partial charge in [-0.15, -0.1) is 5.10 Å². The van der Waals surface area contributed by atoms with Crippen molar-refractivity contribution in [3.8, 4) is 0 Å². The smallest absolute Gasteiger partial charge is 0.328 e. The van der Waals surface area contributed by atoms with Gasteiger partial charge in [-0.1, -0.05) is 45.8 Å². The minimum absolute atomic E-state index is 0.0807. The molecule has 2 N–H and O–H groups in total. The van der Waals surface area contributed by atoms with Gasteiger partial charge in [0.2, 0.25) is 5.95 Å². The summed E-state index contributed by atoms with van der Waals surface area (Å²) in [5.74, 6) is -1.80. The maximum absolute atomic E-state index is 13.4. The molecule has 2 heterocycles. The first-order valence-electron chi connectivity index (χ1n) is 9.70. The van der Waals surface area contributed by atoms with Crippen LogP contribution >= 0.6 is 15.9 Å². The number of benzene rings is 2. The van der Waals surface area contributed by atoms with E-state index in [1.165, 1.54) is 0 Å². The topological polar surface area (TPSA) is 71.8 Å². The fraction of sp³-hybridized carbons (Fsp3) is 0.227. The van der Waals surface area contributed by atoms with Crippen LogP contribution in [0.25, 0.3) is 0 Å². The Hall–Kier alpha value is -3.14. The lowest BCUT2D eigenvalue weighted by molar-refractivity contribution is -0.145. The SMILES string of the molecule is CC1=C(C(=O)Nc2ccc(C)cc2C)C(c2cccc(Br)c2)n2nc(C(F)(F)F)nc2N1. The number of anilines is 2. The number of halogens is 4. The number of aryl methyl sites for hydroxylation is 2. The average Bonchev–Trinajstić information content (AvgIpc) is 3.13. The maximum Gasteiger partial charge on any atom is 0.453 e. The van der Waals surface area contributed by atoms with Crippen LogP contribution < -0.4 is 10.6 Å². The summed E-state index contributed by atoms with van der Waals surface area (Å²) in [6.07, 6.45) is -4.72. The third kappa shape index (κ3) is 4.14. The maximum atomic E-state index is 13.4. The van der Waals surface area contributed by atoms with Gasteiger partial charge in [-0.25, -0.2) is 4.68 Å². The Bertz CT molecular complexity index is 1250. The highest BCUT2D eigenvalue weighted by molar-refractivity contribution is 9.10. The van der Waals surface area contributed by atoms with Crippen molar-refractivity contribution in [2.24, 2.45) is 0 Å². The molecule has 0 aliphatic carbocycles. The van der Waals surface area contributed by atoms with Gasteiger partial charge in [-0.05, 0) is 50.1 Å². The zero-order chi connectivity index (χ0) is 23.2. The summed E-state index contributed by atoms with van der Waals surface area (Å²) >= 11 is 3.39. The number of fused-ring (bicyclic) bond motifs is 1. The van der Waals surface area contributed by atoms with E-state index < -0.39 is 23.9 Å². The van der Waals surface area contributed by atoms with Gasteiger partial charge in [0.05, 0.1) is 5.57 Å². The van der Waals surface area contributed by atoms with Crippen LogP contribution in [0.4, 0.5) is 24.8 Å². The first-order valence-corrected chi connectivity index (χ1v) is 10.5. The number of hydrogen-bond donors (Lipinski definition) is 2. The van der Waals surface area contributed by atoms with E-state index in [0.29, 0.717) is 16.9 Å². The normalized spacial score (nSPS) is 15.9. The van der Waals surface area contributed by atoms with Crippen molar-refractivity contribution in [1.82, 2.24) is 14.8 Å². The third-order valence-electron chi connectivity index (χ3n) is 5.15. The fourth-order valence-electron chi connectivity index (χ4n) is 3.69. The third-order valence-corrected chi connectivity index (χ3v) is 5.64. The van der Waals surface area contributed by atoms with Gasteiger partial charge in [0.1, 0.15) is 6.04 Å². The summed E-state index contributed by atoms with van der Waals surface area (Å²) in [4.78, 5) is 17.0. The molecule has 1 aliphatic rings. The zero-order valence-corrected chi connectivity index (χ0v) is 19.0. The number of carbonyl (C=O) groups excluding carboxylic acids is 1. The molecule has 0 spiro atoms. The van der Waals surface area contributed by atoms with E-state index >= 15 is 0 Å². The van der Waals surface area contributed by atoms with Gasteiger partial charge >= 0.3 is 6.18 Å². The van der Waals surface area contributed by atoms with Crippen molar-refractivity contribution in [3.63, 3.8) is 0 Å². The number of nitrogens with zero attached hydrogens (tertiary/aromatic N) is 3. The summed E-state index contributed by atoms with van der Waals surface area (Å²) in [6, 6.07) is 11.7. The molecule has 0 fully saturated rings. The molecule has 1 aliphatic heterocycles. The van der Waals surface area contributed by atoms with Crippen LogP contribution in [0.15, 0.2) is 58.2 Å². The van der Waals surface area contributed by atoms with E-state index in [4.69, 9.17) is 0 Å². The largest absolute Gasteiger partial charge is 0.453 e. The number of aromatic nitrogens is 3. The average molecular weight is 506 g/mol. The summed E-state index contributed by atoms with van der Waals surface area (Å²) < 4.78 is 41.8. The van der Waals surface area contributed by atoms with E-state index in [1.54, 1.807) is 37.3 Å². The van der Waals surface area contributed by atoms with E-state index in [2.05, 4.69) is 36.6 Å². The number of amides is 1. The Labute approximate surface area is 190 Å². The summed E-state index contributed by atoms with van der Waals surface area (Å²) in [7, 11) is 0. The van der Waals surface area contributed by atoms with Crippen LogP contribution in [-0.2, 0) is 11.0 Å². The van der Waals surface area contributed by atoms with Crippen molar-refractivity contribution < 1.29 is 18.0 Å². The van der Waals surface area contributed by atoms with Gasteiger partial charge in [0, 0.05) is 15.9 Å². The van der Waals surface area contributed by atoms with Gasteiger partial charge < -0.3 is 10.6 Å². The monoisotopic (exact) mass is 505 g/mol. The summed E-state index contributed by atoms with van der Waals surface area (Å²) in [6.45, 7) is 5.46. The van der Waals surface area contributed by atoms with Crippen molar-refractivity contribution in [1.29, 1.82) is 0 Å². The van der Waals surface area contributed by atoms with E-state index in [-0.39, 0.29) is 11.5 Å². The molecule has 6 nitrogen and oxygen atoms in total. The highest BCUT2D eigenvalue weighted by Crippen LogP contribution is 2.38. The highest BCUT2D eigenvalue weighted by atomic mass is 79.9. The molecule has 1 aromatic heterocycles. The molecule has 0 radical (unpaired) electrons. The molecule has 0 saturated carbocycles. The number of carbonyl (C=O) groups is 1. The fourth-order valence-corrected chi connectivity index (χ4v) is 4.11. The molecule has 1 unspecified atom stereocenters. The minimum atomic E-state index is -4.72. The lowest BCUT2D eigenvalue weighted by atomic mass is 9.95. The zero-order valence-electron chi connectivity index (χ0n) is 17.4. The predicted molar refractivity (Wildman–Crippen MR) is 118 cm³/mol. The molecule has 2 aromatic carbocycles. The van der Waals surface area contributed by atoms with Crippen molar-refractivity contribution in [3.05, 3.63) is 80.7 Å². The first-order chi connectivity index (χ1) is 15.0. The van der Waals surface area contributed by atoms with Crippen LogP contribution in [0.3, 0.4) is 0 Å². The van der Waals surface area contributed by atoms with Crippen LogP contribution in [-0.4, -0.2) is 20.7 Å². The Morgan fingerprint density at radius 2 is 1.91 bits per heavy atom. The van der Waals surface area contributed by atoms with Crippen LogP contribution in [0.1, 0.15) is 35.5 Å². The second kappa shape index (κ2) is 8.09. The molecular formula is C22H19BrF3N5O. The van der Waals surface area contributed by atoms with Crippen LogP contribution in [0.2, 0.25) is 0 Å². The Morgan fingerprint density at radius 1 is 1.16 bits per heavy atom. The van der Waals surface area contributed by atoms with Crippen LogP contribution in [0, 0.1) is 13.8 Å². The van der Waals surface area contributed by atoms with Gasteiger partial charge in [-0.3, -0.25) is 4.79 Å². The van der Waals surface area contributed by atoms with Gasteiger partial charge in [-0.2, -0.15) is 18.2 Å².